The lowest BCUT2D eigenvalue weighted by molar-refractivity contribution is -0.121. The number of aromatic amines is 1. The van der Waals surface area contributed by atoms with Gasteiger partial charge in [-0.3, -0.25) is 9.59 Å². The highest BCUT2D eigenvalue weighted by Gasteiger charge is 2.08. The highest BCUT2D eigenvalue weighted by atomic mass is 19.1. The summed E-state index contributed by atoms with van der Waals surface area (Å²) in [4.78, 5) is 27.2. The monoisotopic (exact) mass is 366 g/mol. The Labute approximate surface area is 157 Å². The summed E-state index contributed by atoms with van der Waals surface area (Å²) in [6, 6.07) is 12.4. The molecule has 1 aromatic heterocycles. The molecular formula is C22H23FN2O2. The lowest BCUT2D eigenvalue weighted by Crippen LogP contribution is -2.27. The zero-order valence-electron chi connectivity index (χ0n) is 15.6. The van der Waals surface area contributed by atoms with Crippen LogP contribution < -0.4 is 10.9 Å². The number of fused-ring (bicyclic) bond motifs is 1. The second-order valence-corrected chi connectivity index (χ2v) is 6.79. The molecule has 4 nitrogen and oxygen atoms in total. The summed E-state index contributed by atoms with van der Waals surface area (Å²) in [6.07, 6.45) is 1.02. The number of halogens is 1. The number of H-pyrrole nitrogens is 1. The highest BCUT2D eigenvalue weighted by Crippen LogP contribution is 2.18. The normalized spacial score (nSPS) is 10.9. The zero-order chi connectivity index (χ0) is 19.4. The molecule has 2 aromatic carbocycles. The zero-order valence-corrected chi connectivity index (χ0v) is 15.6. The highest BCUT2D eigenvalue weighted by molar-refractivity contribution is 5.83. The number of hydrogen-bond acceptors (Lipinski definition) is 2. The van der Waals surface area contributed by atoms with Gasteiger partial charge >= 0.3 is 0 Å². The van der Waals surface area contributed by atoms with E-state index in [9.17, 15) is 14.0 Å². The van der Waals surface area contributed by atoms with Crippen LogP contribution in [0.5, 0.6) is 0 Å². The van der Waals surface area contributed by atoms with Crippen molar-refractivity contribution < 1.29 is 9.18 Å². The molecule has 3 aromatic rings. The van der Waals surface area contributed by atoms with E-state index in [0.29, 0.717) is 30.5 Å². The lowest BCUT2D eigenvalue weighted by Gasteiger charge is -2.09. The number of carbonyl (C=O) groups excluding carboxylic acids is 1. The van der Waals surface area contributed by atoms with Crippen molar-refractivity contribution in [2.75, 3.05) is 6.54 Å². The van der Waals surface area contributed by atoms with Crippen molar-refractivity contribution in [2.24, 2.45) is 0 Å². The Kier molecular flexibility index (Phi) is 5.69. The van der Waals surface area contributed by atoms with E-state index in [-0.39, 0.29) is 23.7 Å². The Balaban J connectivity index is 1.58. The quantitative estimate of drug-likeness (QED) is 0.700. The van der Waals surface area contributed by atoms with E-state index < -0.39 is 0 Å². The van der Waals surface area contributed by atoms with Crippen LogP contribution in [0.1, 0.15) is 28.7 Å². The average Bonchev–Trinajstić information content (AvgIpc) is 2.65. The van der Waals surface area contributed by atoms with Crippen LogP contribution in [0.4, 0.5) is 4.39 Å². The molecule has 1 amide bonds. The van der Waals surface area contributed by atoms with Gasteiger partial charge in [-0.25, -0.2) is 4.39 Å². The van der Waals surface area contributed by atoms with Crippen molar-refractivity contribution in [2.45, 2.75) is 33.1 Å². The van der Waals surface area contributed by atoms with Crippen LogP contribution in [0.15, 0.2) is 47.3 Å². The number of hydrogen-bond donors (Lipinski definition) is 2. The molecular weight excluding hydrogens is 343 g/mol. The minimum Gasteiger partial charge on any atom is -0.356 e. The summed E-state index contributed by atoms with van der Waals surface area (Å²) in [5, 5.41) is 3.79. The molecule has 2 N–H and O–H groups in total. The third-order valence-corrected chi connectivity index (χ3v) is 4.92. The Morgan fingerprint density at radius 3 is 2.63 bits per heavy atom. The van der Waals surface area contributed by atoms with Crippen molar-refractivity contribution in [1.29, 1.82) is 0 Å². The van der Waals surface area contributed by atoms with Gasteiger partial charge in [0.15, 0.2) is 0 Å². The summed E-state index contributed by atoms with van der Waals surface area (Å²) < 4.78 is 13.6. The van der Waals surface area contributed by atoms with Gasteiger partial charge in [-0.2, -0.15) is 0 Å². The number of carbonyl (C=O) groups is 1. The van der Waals surface area contributed by atoms with Gasteiger partial charge in [0.2, 0.25) is 5.91 Å². The number of rotatable bonds is 6. The van der Waals surface area contributed by atoms with E-state index >= 15 is 0 Å². The Morgan fingerprint density at radius 1 is 1.07 bits per heavy atom. The molecule has 0 radical (unpaired) electrons. The van der Waals surface area contributed by atoms with Crippen molar-refractivity contribution in [1.82, 2.24) is 10.3 Å². The maximum atomic E-state index is 13.6. The molecule has 1 heterocycles. The molecule has 0 saturated carbocycles. The number of amides is 1. The second-order valence-electron chi connectivity index (χ2n) is 6.79. The maximum Gasteiger partial charge on any atom is 0.251 e. The topological polar surface area (TPSA) is 62.0 Å². The smallest absolute Gasteiger partial charge is 0.251 e. The van der Waals surface area contributed by atoms with E-state index in [1.165, 1.54) is 6.07 Å². The molecule has 0 spiro atoms. The van der Waals surface area contributed by atoms with Gasteiger partial charge in [0.05, 0.1) is 5.52 Å². The predicted molar refractivity (Wildman–Crippen MR) is 105 cm³/mol. The van der Waals surface area contributed by atoms with Crippen LogP contribution in [0.2, 0.25) is 0 Å². The van der Waals surface area contributed by atoms with E-state index in [2.05, 4.69) is 10.3 Å². The fourth-order valence-corrected chi connectivity index (χ4v) is 3.13. The molecule has 0 saturated heterocycles. The first-order valence-electron chi connectivity index (χ1n) is 9.08. The first-order chi connectivity index (χ1) is 13.0. The average molecular weight is 366 g/mol. The molecule has 27 heavy (non-hydrogen) atoms. The minimum absolute atomic E-state index is 0.128. The molecule has 140 valence electrons. The van der Waals surface area contributed by atoms with Gasteiger partial charge in [0.1, 0.15) is 5.82 Å². The number of aromatic nitrogens is 1. The Bertz CT molecular complexity index is 1040. The minimum atomic E-state index is -0.293. The van der Waals surface area contributed by atoms with Crippen LogP contribution in [0.3, 0.4) is 0 Å². The van der Waals surface area contributed by atoms with E-state index in [4.69, 9.17) is 0 Å². The van der Waals surface area contributed by atoms with Crippen molar-refractivity contribution in [3.05, 3.63) is 80.9 Å². The third kappa shape index (κ3) is 4.42. The summed E-state index contributed by atoms with van der Waals surface area (Å²) in [7, 11) is 0. The summed E-state index contributed by atoms with van der Waals surface area (Å²) in [5.41, 5.74) is 4.10. The third-order valence-electron chi connectivity index (χ3n) is 4.92. The molecule has 0 fully saturated rings. The first-order valence-corrected chi connectivity index (χ1v) is 9.08. The Hall–Kier alpha value is -2.95. The molecule has 0 bridgehead atoms. The van der Waals surface area contributed by atoms with Crippen LogP contribution in [-0.4, -0.2) is 17.4 Å². The molecule has 0 aliphatic rings. The van der Waals surface area contributed by atoms with Crippen molar-refractivity contribution in [3.8, 4) is 0 Å². The summed E-state index contributed by atoms with van der Waals surface area (Å²) in [5.74, 6) is -0.444. The standard InChI is InChI=1S/C22H23FN2O2/c1-14-7-8-17-13-18(22(27)25-21(17)15(14)2)11-12-24-20(26)10-9-16-5-3-4-6-19(16)23/h3-8,13H,9-12H2,1-2H3,(H,24,26)(H,25,27). The maximum absolute atomic E-state index is 13.6. The lowest BCUT2D eigenvalue weighted by atomic mass is 10.0. The Morgan fingerprint density at radius 2 is 1.85 bits per heavy atom. The SMILES string of the molecule is Cc1ccc2cc(CCNC(=O)CCc3ccccc3F)c(=O)[nH]c2c1C. The predicted octanol–water partition coefficient (Wildman–Crippen LogP) is 3.58. The summed E-state index contributed by atoms with van der Waals surface area (Å²) in [6.45, 7) is 4.37. The van der Waals surface area contributed by atoms with Gasteiger partial charge in [0, 0.05) is 18.5 Å². The second kappa shape index (κ2) is 8.16. The molecule has 5 heteroatoms. The van der Waals surface area contributed by atoms with Gasteiger partial charge in [-0.1, -0.05) is 30.3 Å². The molecule has 3 rings (SSSR count). The van der Waals surface area contributed by atoms with E-state index in [1.54, 1.807) is 18.2 Å². The van der Waals surface area contributed by atoms with Crippen LogP contribution in [0, 0.1) is 19.7 Å². The largest absolute Gasteiger partial charge is 0.356 e. The molecule has 0 aliphatic carbocycles. The van der Waals surface area contributed by atoms with Crippen LogP contribution >= 0.6 is 0 Å². The van der Waals surface area contributed by atoms with Crippen LogP contribution in [0.25, 0.3) is 10.9 Å². The number of benzene rings is 2. The van der Waals surface area contributed by atoms with Gasteiger partial charge < -0.3 is 10.3 Å². The first kappa shape index (κ1) is 18.8. The van der Waals surface area contributed by atoms with Gasteiger partial charge in [-0.05, 0) is 60.9 Å². The van der Waals surface area contributed by atoms with Crippen molar-refractivity contribution in [3.63, 3.8) is 0 Å². The number of aryl methyl sites for hydroxylation is 3. The molecule has 0 aliphatic heterocycles. The molecule has 0 atom stereocenters. The fourth-order valence-electron chi connectivity index (χ4n) is 3.13. The fraction of sp³-hybridized carbons (Fsp3) is 0.273. The van der Waals surface area contributed by atoms with E-state index in [0.717, 1.165) is 22.0 Å². The van der Waals surface area contributed by atoms with Crippen molar-refractivity contribution >= 4 is 16.8 Å². The number of nitrogens with one attached hydrogen (secondary N) is 2. The van der Waals surface area contributed by atoms with Crippen LogP contribution in [-0.2, 0) is 17.6 Å². The van der Waals surface area contributed by atoms with Gasteiger partial charge in [0.25, 0.3) is 5.56 Å². The van der Waals surface area contributed by atoms with E-state index in [1.807, 2.05) is 32.0 Å². The molecule has 0 unspecified atom stereocenters. The number of pyridine rings is 1. The summed E-state index contributed by atoms with van der Waals surface area (Å²) >= 11 is 0. The van der Waals surface area contributed by atoms with Gasteiger partial charge in [-0.15, -0.1) is 0 Å².